The second kappa shape index (κ2) is 8.19. The average molecular weight is 350 g/mol. The Bertz CT molecular complexity index is 508. The smallest absolute Gasteiger partial charge is 0.306 e. The number of hydrogen-bond acceptors (Lipinski definition) is 3. The highest BCUT2D eigenvalue weighted by Gasteiger charge is 2.35. The number of amides is 2. The Kier molecular flexibility index (Phi) is 5.97. The fraction of sp³-hybridized carbons (Fsp3) is 0.842. The number of hydrogen-bond donors (Lipinski definition) is 1. The second-order valence-electron chi connectivity index (χ2n) is 7.96. The Morgan fingerprint density at radius 1 is 0.800 bits per heavy atom. The number of carboxylic acids is 1. The predicted molar refractivity (Wildman–Crippen MR) is 92.8 cm³/mol. The van der Waals surface area contributed by atoms with Gasteiger partial charge in [-0.1, -0.05) is 6.42 Å². The molecule has 2 atom stereocenters. The lowest BCUT2D eigenvalue weighted by atomic mass is 9.80. The monoisotopic (exact) mass is 350 g/mol. The summed E-state index contributed by atoms with van der Waals surface area (Å²) in [5.74, 6) is -0.461. The van der Waals surface area contributed by atoms with Crippen molar-refractivity contribution in [3.63, 3.8) is 0 Å². The molecule has 3 rings (SSSR count). The van der Waals surface area contributed by atoms with Crippen LogP contribution < -0.4 is 0 Å². The molecule has 6 nitrogen and oxygen atoms in total. The van der Waals surface area contributed by atoms with E-state index in [-0.39, 0.29) is 23.7 Å². The molecule has 3 aliphatic rings. The molecule has 2 heterocycles. The average Bonchev–Trinajstić information content (AvgIpc) is 3.17. The van der Waals surface area contributed by atoms with Crippen molar-refractivity contribution in [3.8, 4) is 0 Å². The second-order valence-corrected chi connectivity index (χ2v) is 7.96. The van der Waals surface area contributed by atoms with Gasteiger partial charge in [-0.3, -0.25) is 14.4 Å². The molecule has 0 bridgehead atoms. The molecule has 1 saturated carbocycles. The molecule has 0 aromatic rings. The molecule has 0 radical (unpaired) electrons. The van der Waals surface area contributed by atoms with Crippen LogP contribution in [0.5, 0.6) is 0 Å². The van der Waals surface area contributed by atoms with Crippen LogP contribution in [0.4, 0.5) is 0 Å². The third-order valence-electron chi connectivity index (χ3n) is 6.22. The number of carbonyl (C=O) groups excluding carboxylic acids is 2. The minimum absolute atomic E-state index is 0.127. The molecule has 1 N–H and O–H groups in total. The summed E-state index contributed by atoms with van der Waals surface area (Å²) in [5, 5.41) is 9.20. The predicted octanol–water partition coefficient (Wildman–Crippen LogP) is 2.13. The maximum atomic E-state index is 12.7. The van der Waals surface area contributed by atoms with Crippen LogP contribution in [-0.2, 0) is 14.4 Å². The van der Waals surface area contributed by atoms with E-state index in [1.807, 2.05) is 9.80 Å². The molecular formula is C19H30N2O4. The van der Waals surface area contributed by atoms with Crippen LogP contribution in [0.2, 0.25) is 0 Å². The Morgan fingerprint density at radius 2 is 1.44 bits per heavy atom. The summed E-state index contributed by atoms with van der Waals surface area (Å²) in [4.78, 5) is 40.1. The molecule has 2 amide bonds. The number of aliphatic carboxylic acids is 1. The maximum absolute atomic E-state index is 12.7. The van der Waals surface area contributed by atoms with E-state index in [9.17, 15) is 19.5 Å². The lowest BCUT2D eigenvalue weighted by Gasteiger charge is -2.36. The lowest BCUT2D eigenvalue weighted by molar-refractivity contribution is -0.145. The zero-order chi connectivity index (χ0) is 17.8. The first-order chi connectivity index (χ1) is 12.0. The van der Waals surface area contributed by atoms with Crippen molar-refractivity contribution < 1.29 is 19.5 Å². The summed E-state index contributed by atoms with van der Waals surface area (Å²) in [6, 6.07) is 0. The third kappa shape index (κ3) is 4.53. The van der Waals surface area contributed by atoms with Crippen molar-refractivity contribution in [2.45, 2.75) is 57.8 Å². The first kappa shape index (κ1) is 18.2. The lowest BCUT2D eigenvalue weighted by Crippen LogP contribution is -2.44. The highest BCUT2D eigenvalue weighted by atomic mass is 16.4. The molecule has 2 unspecified atom stereocenters. The molecule has 0 spiro atoms. The van der Waals surface area contributed by atoms with Crippen molar-refractivity contribution in [1.29, 1.82) is 0 Å². The molecule has 25 heavy (non-hydrogen) atoms. The van der Waals surface area contributed by atoms with E-state index >= 15 is 0 Å². The number of nitrogens with zero attached hydrogens (tertiary/aromatic N) is 2. The molecule has 2 aliphatic heterocycles. The molecular weight excluding hydrogens is 320 g/mol. The number of piperidine rings is 1. The van der Waals surface area contributed by atoms with E-state index in [1.165, 1.54) is 0 Å². The van der Waals surface area contributed by atoms with Crippen molar-refractivity contribution in [1.82, 2.24) is 9.80 Å². The fourth-order valence-electron chi connectivity index (χ4n) is 4.60. The molecule has 6 heteroatoms. The molecule has 140 valence electrons. The van der Waals surface area contributed by atoms with Gasteiger partial charge in [0.05, 0.1) is 5.92 Å². The van der Waals surface area contributed by atoms with Gasteiger partial charge in [-0.15, -0.1) is 0 Å². The van der Waals surface area contributed by atoms with E-state index in [0.29, 0.717) is 38.3 Å². The highest BCUT2D eigenvalue weighted by Crippen LogP contribution is 2.32. The number of rotatable bonds is 4. The van der Waals surface area contributed by atoms with Gasteiger partial charge in [0.1, 0.15) is 0 Å². The number of carboxylic acid groups (broad SMARTS) is 1. The van der Waals surface area contributed by atoms with E-state index in [4.69, 9.17) is 0 Å². The quantitative estimate of drug-likeness (QED) is 0.842. The third-order valence-corrected chi connectivity index (χ3v) is 6.22. The zero-order valence-electron chi connectivity index (χ0n) is 15.0. The van der Waals surface area contributed by atoms with E-state index in [2.05, 4.69) is 0 Å². The normalized spacial score (nSPS) is 28.2. The van der Waals surface area contributed by atoms with Crippen LogP contribution in [0.3, 0.4) is 0 Å². The van der Waals surface area contributed by atoms with Crippen LogP contribution in [0.15, 0.2) is 0 Å². The van der Waals surface area contributed by atoms with Crippen molar-refractivity contribution in [2.24, 2.45) is 17.8 Å². The zero-order valence-corrected chi connectivity index (χ0v) is 15.0. The van der Waals surface area contributed by atoms with Gasteiger partial charge in [-0.2, -0.15) is 0 Å². The molecule has 2 saturated heterocycles. The Morgan fingerprint density at radius 3 is 2.08 bits per heavy atom. The summed E-state index contributed by atoms with van der Waals surface area (Å²) in [6.07, 6.45) is 7.47. The van der Waals surface area contributed by atoms with Gasteiger partial charge < -0.3 is 14.9 Å². The number of carbonyl (C=O) groups is 3. The van der Waals surface area contributed by atoms with Crippen molar-refractivity contribution in [3.05, 3.63) is 0 Å². The summed E-state index contributed by atoms with van der Waals surface area (Å²) in [5.41, 5.74) is 0. The summed E-state index contributed by atoms with van der Waals surface area (Å²) in [7, 11) is 0. The van der Waals surface area contributed by atoms with Gasteiger partial charge in [0, 0.05) is 38.5 Å². The Balaban J connectivity index is 1.44. The minimum Gasteiger partial charge on any atom is -0.481 e. The summed E-state index contributed by atoms with van der Waals surface area (Å²) >= 11 is 0. The highest BCUT2D eigenvalue weighted by molar-refractivity contribution is 5.80. The van der Waals surface area contributed by atoms with Crippen LogP contribution in [-0.4, -0.2) is 58.9 Å². The fourth-order valence-corrected chi connectivity index (χ4v) is 4.60. The van der Waals surface area contributed by atoms with Gasteiger partial charge in [0.2, 0.25) is 11.8 Å². The van der Waals surface area contributed by atoms with E-state index in [0.717, 1.165) is 51.6 Å². The summed E-state index contributed by atoms with van der Waals surface area (Å²) < 4.78 is 0. The van der Waals surface area contributed by atoms with E-state index in [1.54, 1.807) is 0 Å². The maximum Gasteiger partial charge on any atom is 0.306 e. The largest absolute Gasteiger partial charge is 0.481 e. The van der Waals surface area contributed by atoms with Crippen LogP contribution >= 0.6 is 0 Å². The molecule has 0 aromatic carbocycles. The van der Waals surface area contributed by atoms with Crippen molar-refractivity contribution >= 4 is 17.8 Å². The van der Waals surface area contributed by atoms with Gasteiger partial charge in [-0.25, -0.2) is 0 Å². The van der Waals surface area contributed by atoms with Gasteiger partial charge >= 0.3 is 5.97 Å². The Labute approximate surface area is 149 Å². The first-order valence-electron chi connectivity index (χ1n) is 9.84. The van der Waals surface area contributed by atoms with Gasteiger partial charge in [0.25, 0.3) is 0 Å². The van der Waals surface area contributed by atoms with Gasteiger partial charge in [-0.05, 0) is 50.9 Å². The molecule has 1 aliphatic carbocycles. The van der Waals surface area contributed by atoms with Gasteiger partial charge in [0.15, 0.2) is 0 Å². The number of likely N-dealkylation sites (tertiary alicyclic amines) is 2. The van der Waals surface area contributed by atoms with Crippen molar-refractivity contribution in [2.75, 3.05) is 26.2 Å². The first-order valence-corrected chi connectivity index (χ1v) is 9.84. The Hall–Kier alpha value is -1.59. The van der Waals surface area contributed by atoms with Crippen LogP contribution in [0, 0.1) is 17.8 Å². The molecule has 3 fully saturated rings. The standard InChI is InChI=1S/C19H30N2O4/c22-17(20-8-1-2-9-20)12-14-6-10-21(11-7-14)18(23)15-4-3-5-16(13-15)19(24)25/h14-16H,1-13H2,(H,24,25). The minimum atomic E-state index is -0.767. The SMILES string of the molecule is O=C(O)C1CCCC(C(=O)N2CCC(CC(=O)N3CCCC3)CC2)C1. The van der Waals surface area contributed by atoms with E-state index < -0.39 is 5.97 Å². The topological polar surface area (TPSA) is 77.9 Å². The molecule has 0 aromatic heterocycles. The van der Waals surface area contributed by atoms with Crippen LogP contribution in [0.25, 0.3) is 0 Å². The summed E-state index contributed by atoms with van der Waals surface area (Å²) in [6.45, 7) is 3.24. The van der Waals surface area contributed by atoms with Crippen LogP contribution in [0.1, 0.15) is 57.8 Å².